The first-order chi connectivity index (χ1) is 18.2. The van der Waals surface area contributed by atoms with Crippen molar-refractivity contribution in [2.45, 2.75) is 188 Å². The molecule has 0 saturated carbocycles. The molecule has 0 aromatic carbocycles. The van der Waals surface area contributed by atoms with Crippen molar-refractivity contribution in [1.29, 1.82) is 0 Å². The molecule has 228 valence electrons. The van der Waals surface area contributed by atoms with Crippen molar-refractivity contribution in [1.82, 2.24) is 0 Å². The SMILES string of the molecule is CCCC(CCC)[N+](=O)[O-].CCCCCCCC(CC)[N+](=O)[O-].CCCCCCCCCC(CC)[N+](=O)[O-]. The fourth-order valence-corrected chi connectivity index (χ4v) is 4.26. The third-order valence-corrected chi connectivity index (χ3v) is 6.86. The molecule has 0 bridgehead atoms. The molecule has 0 aliphatic carbocycles. The molecule has 0 aromatic rings. The summed E-state index contributed by atoms with van der Waals surface area (Å²) in [5, 5.41) is 31.3. The molecule has 38 heavy (non-hydrogen) atoms. The van der Waals surface area contributed by atoms with Gasteiger partial charge in [0.2, 0.25) is 18.1 Å². The van der Waals surface area contributed by atoms with Gasteiger partial charge in [0.1, 0.15) is 0 Å². The highest BCUT2D eigenvalue weighted by Crippen LogP contribution is 2.13. The number of nitro groups is 3. The Morgan fingerprint density at radius 2 is 0.684 bits per heavy atom. The van der Waals surface area contributed by atoms with E-state index in [1.165, 1.54) is 51.4 Å². The number of hydrogen-bond donors (Lipinski definition) is 0. The van der Waals surface area contributed by atoms with E-state index < -0.39 is 0 Å². The Labute approximate surface area is 233 Å². The lowest BCUT2D eigenvalue weighted by Gasteiger charge is -2.06. The number of nitrogens with zero attached hydrogens (tertiary/aromatic N) is 3. The molecule has 0 heterocycles. The standard InChI is InChI=1S/C12H25NO2.C10H21NO2.C7H15NO2/c1-3-5-6-7-8-9-10-11-12(4-2)13(14)15;1-3-5-6-7-8-9-10(4-2)11(12)13;1-3-5-7(6-4-2)8(9)10/h12H,3-11H2,1-2H3;10H,3-9H2,1-2H3;7H,3-6H2,1-2H3. The Hall–Kier alpha value is -1.80. The monoisotopic (exact) mass is 547 g/mol. The first-order valence-corrected chi connectivity index (χ1v) is 15.6. The van der Waals surface area contributed by atoms with Crippen LogP contribution in [0.4, 0.5) is 0 Å². The second kappa shape index (κ2) is 31.4. The lowest BCUT2D eigenvalue weighted by molar-refractivity contribution is -0.524. The molecule has 0 aliphatic heterocycles. The molecule has 0 rings (SSSR count). The molecule has 2 atom stereocenters. The van der Waals surface area contributed by atoms with Crippen LogP contribution in [0.1, 0.15) is 170 Å². The summed E-state index contributed by atoms with van der Waals surface area (Å²) in [6, 6.07) is -0.905. The Balaban J connectivity index is -0.000000494. The Bertz CT molecular complexity index is 542. The first-order valence-electron chi connectivity index (χ1n) is 15.6. The Morgan fingerprint density at radius 3 is 0.921 bits per heavy atom. The highest BCUT2D eigenvalue weighted by atomic mass is 16.6. The van der Waals surface area contributed by atoms with Gasteiger partial charge in [-0.15, -0.1) is 0 Å². The van der Waals surface area contributed by atoms with Crippen LogP contribution in [-0.4, -0.2) is 32.9 Å². The average Bonchev–Trinajstić information content (AvgIpc) is 2.88. The third-order valence-electron chi connectivity index (χ3n) is 6.86. The van der Waals surface area contributed by atoms with Gasteiger partial charge in [0.15, 0.2) is 0 Å². The van der Waals surface area contributed by atoms with Gasteiger partial charge < -0.3 is 0 Å². The summed E-state index contributed by atoms with van der Waals surface area (Å²) < 4.78 is 0. The van der Waals surface area contributed by atoms with E-state index in [1.807, 2.05) is 27.7 Å². The molecule has 0 radical (unpaired) electrons. The number of hydrogen-bond acceptors (Lipinski definition) is 6. The smallest absolute Gasteiger partial charge is 0.213 e. The van der Waals surface area contributed by atoms with E-state index in [1.54, 1.807) is 0 Å². The highest BCUT2D eigenvalue weighted by molar-refractivity contribution is 4.56. The lowest BCUT2D eigenvalue weighted by Crippen LogP contribution is -2.18. The normalized spacial score (nSPS) is 12.1. The van der Waals surface area contributed by atoms with E-state index in [0.717, 1.165) is 64.2 Å². The van der Waals surface area contributed by atoms with Crippen LogP contribution >= 0.6 is 0 Å². The quantitative estimate of drug-likeness (QED) is 0.0710. The van der Waals surface area contributed by atoms with E-state index in [4.69, 9.17) is 0 Å². The topological polar surface area (TPSA) is 129 Å². The van der Waals surface area contributed by atoms with Crippen molar-refractivity contribution in [2.75, 3.05) is 0 Å². The molecule has 0 saturated heterocycles. The van der Waals surface area contributed by atoms with Crippen molar-refractivity contribution in [3.8, 4) is 0 Å². The molecule has 0 amide bonds. The summed E-state index contributed by atoms with van der Waals surface area (Å²) in [5.41, 5.74) is 0. The second-order valence-corrected chi connectivity index (χ2v) is 10.3. The van der Waals surface area contributed by atoms with Crippen LogP contribution in [-0.2, 0) is 0 Å². The van der Waals surface area contributed by atoms with Gasteiger partial charge in [0, 0.05) is 53.3 Å². The summed E-state index contributed by atoms with van der Waals surface area (Å²) in [6.45, 7) is 12.1. The maximum Gasteiger partial charge on any atom is 0.213 e. The molecule has 9 nitrogen and oxygen atoms in total. The van der Waals surface area contributed by atoms with Crippen LogP contribution in [0.2, 0.25) is 0 Å². The Morgan fingerprint density at radius 1 is 0.395 bits per heavy atom. The van der Waals surface area contributed by atoms with Crippen LogP contribution in [0, 0.1) is 30.3 Å². The van der Waals surface area contributed by atoms with Crippen molar-refractivity contribution < 1.29 is 14.8 Å². The van der Waals surface area contributed by atoms with Crippen LogP contribution in [0.3, 0.4) is 0 Å². The second-order valence-electron chi connectivity index (χ2n) is 10.3. The van der Waals surface area contributed by atoms with Gasteiger partial charge in [-0.05, 0) is 25.7 Å². The van der Waals surface area contributed by atoms with Gasteiger partial charge in [-0.25, -0.2) is 0 Å². The van der Waals surface area contributed by atoms with Gasteiger partial charge in [-0.3, -0.25) is 30.3 Å². The number of rotatable bonds is 23. The van der Waals surface area contributed by atoms with Gasteiger partial charge in [-0.2, -0.15) is 0 Å². The van der Waals surface area contributed by atoms with Crippen molar-refractivity contribution in [3.63, 3.8) is 0 Å². The zero-order valence-corrected chi connectivity index (χ0v) is 25.7. The van der Waals surface area contributed by atoms with Crippen molar-refractivity contribution in [3.05, 3.63) is 30.3 Å². The van der Waals surface area contributed by atoms with Crippen LogP contribution in [0.5, 0.6) is 0 Å². The maximum absolute atomic E-state index is 10.5. The van der Waals surface area contributed by atoms with Crippen LogP contribution in [0.15, 0.2) is 0 Å². The predicted molar refractivity (Wildman–Crippen MR) is 159 cm³/mol. The minimum absolute atomic E-state index is 0.128. The maximum atomic E-state index is 10.5. The predicted octanol–water partition coefficient (Wildman–Crippen LogP) is 9.82. The minimum Gasteiger partial charge on any atom is -0.264 e. The molecule has 9 heteroatoms. The van der Waals surface area contributed by atoms with E-state index in [9.17, 15) is 30.3 Å². The van der Waals surface area contributed by atoms with Crippen LogP contribution < -0.4 is 0 Å². The summed E-state index contributed by atoms with van der Waals surface area (Å²) in [6.07, 6.45) is 20.6. The molecule has 0 aromatic heterocycles. The zero-order chi connectivity index (χ0) is 29.6. The summed E-state index contributed by atoms with van der Waals surface area (Å²) in [4.78, 5) is 30.9. The summed E-state index contributed by atoms with van der Waals surface area (Å²) >= 11 is 0. The highest BCUT2D eigenvalue weighted by Gasteiger charge is 2.17. The molecular formula is C29H61N3O6. The fraction of sp³-hybridized carbons (Fsp3) is 1.00. The van der Waals surface area contributed by atoms with Gasteiger partial charge in [0.05, 0.1) is 0 Å². The van der Waals surface area contributed by atoms with Gasteiger partial charge >= 0.3 is 0 Å². The Kier molecular flexibility index (Phi) is 33.6. The van der Waals surface area contributed by atoms with E-state index >= 15 is 0 Å². The third kappa shape index (κ3) is 28.8. The van der Waals surface area contributed by atoms with E-state index in [2.05, 4.69) is 13.8 Å². The number of unbranched alkanes of at least 4 members (excludes halogenated alkanes) is 10. The van der Waals surface area contributed by atoms with Gasteiger partial charge in [-0.1, -0.05) is 106 Å². The largest absolute Gasteiger partial charge is 0.264 e. The molecule has 0 N–H and O–H groups in total. The molecule has 0 spiro atoms. The van der Waals surface area contributed by atoms with Gasteiger partial charge in [0.25, 0.3) is 0 Å². The average molecular weight is 548 g/mol. The van der Waals surface area contributed by atoms with E-state index in [0.29, 0.717) is 12.8 Å². The summed E-state index contributed by atoms with van der Waals surface area (Å²) in [7, 11) is 0. The molecule has 0 fully saturated rings. The zero-order valence-electron chi connectivity index (χ0n) is 25.7. The molecule has 2 unspecified atom stereocenters. The summed E-state index contributed by atoms with van der Waals surface area (Å²) in [5.74, 6) is 0. The lowest BCUT2D eigenvalue weighted by atomic mass is 10.0. The molecular weight excluding hydrogens is 486 g/mol. The minimum atomic E-state index is -0.305. The fourth-order valence-electron chi connectivity index (χ4n) is 4.26. The van der Waals surface area contributed by atoms with E-state index in [-0.39, 0.29) is 32.9 Å². The molecule has 0 aliphatic rings. The van der Waals surface area contributed by atoms with Crippen molar-refractivity contribution in [2.24, 2.45) is 0 Å². The van der Waals surface area contributed by atoms with Crippen LogP contribution in [0.25, 0.3) is 0 Å². The van der Waals surface area contributed by atoms with Crippen molar-refractivity contribution >= 4 is 0 Å². The first kappa shape index (κ1) is 40.7.